The van der Waals surface area contributed by atoms with Crippen LogP contribution in [0.3, 0.4) is 0 Å². The summed E-state index contributed by atoms with van der Waals surface area (Å²) in [5.74, 6) is -0.00231. The van der Waals surface area contributed by atoms with Crippen LogP contribution in [0.4, 0.5) is 0 Å². The second kappa shape index (κ2) is 2.97. The maximum absolute atomic E-state index is 9.33. The van der Waals surface area contributed by atoms with Gasteiger partial charge in [-0.05, 0) is 20.3 Å². The zero-order valence-electron chi connectivity index (χ0n) is 6.31. The molecule has 2 nitrogen and oxygen atoms in total. The molecular formula is C7H15NO. The van der Waals surface area contributed by atoms with Crippen LogP contribution in [-0.2, 0) is 0 Å². The van der Waals surface area contributed by atoms with Gasteiger partial charge in [0.15, 0.2) is 0 Å². The summed E-state index contributed by atoms with van der Waals surface area (Å²) in [5, 5.41) is 16.3. The Balaban J connectivity index is 3.94. The first-order chi connectivity index (χ1) is 4.02. The first-order valence-corrected chi connectivity index (χ1v) is 3.25. The minimum atomic E-state index is -0.726. The monoisotopic (exact) mass is 129 g/mol. The molecule has 0 aromatic carbocycles. The van der Waals surface area contributed by atoms with Crippen molar-refractivity contribution in [1.29, 1.82) is 5.41 Å². The maximum Gasteiger partial charge on any atom is 0.0668 e. The Hall–Kier alpha value is -0.370. The van der Waals surface area contributed by atoms with E-state index in [1.54, 1.807) is 13.8 Å². The van der Waals surface area contributed by atoms with Crippen molar-refractivity contribution in [2.24, 2.45) is 5.92 Å². The Labute approximate surface area is 56.4 Å². The van der Waals surface area contributed by atoms with Gasteiger partial charge in [0.1, 0.15) is 0 Å². The van der Waals surface area contributed by atoms with Crippen molar-refractivity contribution < 1.29 is 5.11 Å². The van der Waals surface area contributed by atoms with Gasteiger partial charge in [-0.1, -0.05) is 6.92 Å². The van der Waals surface area contributed by atoms with Crippen LogP contribution in [0.1, 0.15) is 27.2 Å². The van der Waals surface area contributed by atoms with E-state index in [-0.39, 0.29) is 5.92 Å². The number of hydrogen-bond acceptors (Lipinski definition) is 2. The average molecular weight is 129 g/mol. The molecule has 2 heteroatoms. The van der Waals surface area contributed by atoms with Crippen molar-refractivity contribution in [1.82, 2.24) is 0 Å². The Kier molecular flexibility index (Phi) is 2.85. The summed E-state index contributed by atoms with van der Waals surface area (Å²) in [6, 6.07) is 0. The summed E-state index contributed by atoms with van der Waals surface area (Å²) >= 11 is 0. The van der Waals surface area contributed by atoms with Crippen molar-refractivity contribution in [3.05, 3.63) is 0 Å². The molecule has 0 aromatic rings. The van der Waals surface area contributed by atoms with E-state index in [1.165, 1.54) is 6.21 Å². The van der Waals surface area contributed by atoms with Crippen molar-refractivity contribution in [3.8, 4) is 0 Å². The smallest absolute Gasteiger partial charge is 0.0668 e. The number of rotatable bonds is 3. The van der Waals surface area contributed by atoms with E-state index in [4.69, 9.17) is 5.41 Å². The number of hydrogen-bond donors (Lipinski definition) is 2. The van der Waals surface area contributed by atoms with E-state index < -0.39 is 5.60 Å². The highest BCUT2D eigenvalue weighted by Gasteiger charge is 2.22. The molecule has 54 valence electrons. The minimum Gasteiger partial charge on any atom is -0.390 e. The highest BCUT2D eigenvalue weighted by atomic mass is 16.3. The first-order valence-electron chi connectivity index (χ1n) is 3.25. The van der Waals surface area contributed by atoms with Crippen LogP contribution >= 0.6 is 0 Å². The second-order valence-electron chi connectivity index (χ2n) is 2.84. The van der Waals surface area contributed by atoms with Crippen molar-refractivity contribution in [3.63, 3.8) is 0 Å². The lowest BCUT2D eigenvalue weighted by molar-refractivity contribution is 0.0450. The molecule has 0 fully saturated rings. The van der Waals surface area contributed by atoms with Crippen LogP contribution in [0.5, 0.6) is 0 Å². The zero-order chi connectivity index (χ0) is 7.49. The Morgan fingerprint density at radius 3 is 2.11 bits per heavy atom. The molecule has 0 heterocycles. The lowest BCUT2D eigenvalue weighted by atomic mass is 9.90. The largest absolute Gasteiger partial charge is 0.390 e. The van der Waals surface area contributed by atoms with Crippen molar-refractivity contribution >= 4 is 6.21 Å². The van der Waals surface area contributed by atoms with Crippen LogP contribution in [0.2, 0.25) is 0 Å². The fourth-order valence-corrected chi connectivity index (χ4v) is 0.821. The van der Waals surface area contributed by atoms with Gasteiger partial charge < -0.3 is 10.5 Å². The Bertz CT molecular complexity index is 93.6. The molecule has 0 bridgehead atoms. The van der Waals surface area contributed by atoms with Gasteiger partial charge in [-0.3, -0.25) is 0 Å². The van der Waals surface area contributed by atoms with Crippen LogP contribution in [0, 0.1) is 11.3 Å². The molecule has 1 atom stereocenters. The summed E-state index contributed by atoms with van der Waals surface area (Å²) in [6.45, 7) is 5.42. The molecule has 0 unspecified atom stereocenters. The van der Waals surface area contributed by atoms with Gasteiger partial charge in [-0.15, -0.1) is 0 Å². The lowest BCUT2D eigenvalue weighted by Crippen LogP contribution is -2.31. The van der Waals surface area contributed by atoms with Gasteiger partial charge >= 0.3 is 0 Å². The molecule has 0 aromatic heterocycles. The van der Waals surface area contributed by atoms with E-state index in [9.17, 15) is 5.11 Å². The third kappa shape index (κ3) is 2.61. The SMILES string of the molecule is CC[C@@H](C=N)C(C)(C)O. The van der Waals surface area contributed by atoms with E-state index in [2.05, 4.69) is 0 Å². The highest BCUT2D eigenvalue weighted by molar-refractivity contribution is 5.58. The fourth-order valence-electron chi connectivity index (χ4n) is 0.821. The zero-order valence-corrected chi connectivity index (χ0v) is 6.31. The lowest BCUT2D eigenvalue weighted by Gasteiger charge is -2.23. The van der Waals surface area contributed by atoms with Crippen LogP contribution in [0.25, 0.3) is 0 Å². The molecule has 0 aliphatic rings. The molecule has 0 spiro atoms. The molecule has 0 aliphatic carbocycles. The Morgan fingerprint density at radius 2 is 2.11 bits per heavy atom. The van der Waals surface area contributed by atoms with Gasteiger partial charge in [0.2, 0.25) is 0 Å². The molecule has 0 saturated heterocycles. The molecule has 0 radical (unpaired) electrons. The summed E-state index contributed by atoms with van der Waals surface area (Å²) < 4.78 is 0. The van der Waals surface area contributed by atoms with Crippen LogP contribution < -0.4 is 0 Å². The van der Waals surface area contributed by atoms with E-state index in [0.29, 0.717) is 0 Å². The molecule has 9 heavy (non-hydrogen) atoms. The van der Waals surface area contributed by atoms with Gasteiger partial charge in [0.25, 0.3) is 0 Å². The quantitative estimate of drug-likeness (QED) is 0.556. The van der Waals surface area contributed by atoms with Gasteiger partial charge in [0.05, 0.1) is 5.60 Å². The topological polar surface area (TPSA) is 44.1 Å². The molecule has 0 amide bonds. The third-order valence-electron chi connectivity index (χ3n) is 1.55. The minimum absolute atomic E-state index is 0.00231. The number of aliphatic hydroxyl groups is 1. The first kappa shape index (κ1) is 8.63. The molecule has 0 aliphatic heterocycles. The van der Waals surface area contributed by atoms with Crippen molar-refractivity contribution in [2.75, 3.05) is 0 Å². The molecule has 2 N–H and O–H groups in total. The molecular weight excluding hydrogens is 114 g/mol. The normalized spacial score (nSPS) is 15.1. The van der Waals surface area contributed by atoms with Crippen molar-refractivity contribution in [2.45, 2.75) is 32.8 Å². The fraction of sp³-hybridized carbons (Fsp3) is 0.857. The maximum atomic E-state index is 9.33. The van der Waals surface area contributed by atoms with Gasteiger partial charge in [0, 0.05) is 12.1 Å². The van der Waals surface area contributed by atoms with E-state index in [1.807, 2.05) is 6.92 Å². The van der Waals surface area contributed by atoms with Crippen LogP contribution in [-0.4, -0.2) is 16.9 Å². The summed E-state index contributed by atoms with van der Waals surface area (Å²) in [4.78, 5) is 0. The summed E-state index contributed by atoms with van der Waals surface area (Å²) in [7, 11) is 0. The van der Waals surface area contributed by atoms with E-state index in [0.717, 1.165) is 6.42 Å². The molecule has 0 rings (SSSR count). The standard InChI is InChI=1S/C7H15NO/c1-4-6(5-8)7(2,3)9/h5-6,8-9H,4H2,1-3H3/t6-/m0/s1. The number of nitrogens with one attached hydrogen (secondary N) is 1. The summed E-state index contributed by atoms with van der Waals surface area (Å²) in [6.07, 6.45) is 2.13. The van der Waals surface area contributed by atoms with Gasteiger partial charge in [-0.25, -0.2) is 0 Å². The Morgan fingerprint density at radius 1 is 1.67 bits per heavy atom. The highest BCUT2D eigenvalue weighted by Crippen LogP contribution is 2.16. The van der Waals surface area contributed by atoms with E-state index >= 15 is 0 Å². The van der Waals surface area contributed by atoms with Crippen LogP contribution in [0.15, 0.2) is 0 Å². The third-order valence-corrected chi connectivity index (χ3v) is 1.55. The molecule has 0 saturated carbocycles. The second-order valence-corrected chi connectivity index (χ2v) is 2.84. The predicted molar refractivity (Wildman–Crippen MR) is 38.9 cm³/mol. The predicted octanol–water partition coefficient (Wildman–Crippen LogP) is 1.43. The summed E-state index contributed by atoms with van der Waals surface area (Å²) in [5.41, 5.74) is -0.726. The average Bonchev–Trinajstić information content (AvgIpc) is 1.65. The van der Waals surface area contributed by atoms with Gasteiger partial charge in [-0.2, -0.15) is 0 Å².